The van der Waals surface area contributed by atoms with Crippen LogP contribution in [0.1, 0.15) is 0 Å². The second-order valence-corrected chi connectivity index (χ2v) is 3.43. The summed E-state index contributed by atoms with van der Waals surface area (Å²) < 4.78 is 42.8. The van der Waals surface area contributed by atoms with Gasteiger partial charge in [0.2, 0.25) is 11.6 Å². The van der Waals surface area contributed by atoms with E-state index in [-0.39, 0.29) is 0 Å². The lowest BCUT2D eigenvalue weighted by Crippen LogP contribution is -2.27. The van der Waals surface area contributed by atoms with Crippen LogP contribution in [0.5, 0.6) is 5.75 Å². The molecule has 1 unspecified atom stereocenters. The highest BCUT2D eigenvalue weighted by Gasteiger charge is 2.31. The fraction of sp³-hybridized carbons (Fsp3) is 0.111. The molecule has 0 amide bonds. The van der Waals surface area contributed by atoms with Gasteiger partial charge < -0.3 is 4.74 Å². The lowest BCUT2D eigenvalue weighted by molar-refractivity contribution is -0.388. The zero-order valence-corrected chi connectivity index (χ0v) is 9.49. The molecule has 0 N–H and O–H groups in total. The standard InChI is InChI=1S/C9H3ClF3NO5/c10-8(15)6(13)9(16)19-4-2-1-3(11)5(12)7(4)14(17)18/h1-2,6H. The summed E-state index contributed by atoms with van der Waals surface area (Å²) in [5, 5.41) is 8.79. The van der Waals surface area contributed by atoms with Crippen LogP contribution in [0.3, 0.4) is 0 Å². The summed E-state index contributed by atoms with van der Waals surface area (Å²) in [4.78, 5) is 30.5. The Morgan fingerprint density at radius 1 is 1.37 bits per heavy atom. The largest absolute Gasteiger partial charge is 0.416 e. The molecule has 0 aromatic heterocycles. The van der Waals surface area contributed by atoms with Gasteiger partial charge in [-0.1, -0.05) is 0 Å². The van der Waals surface area contributed by atoms with Crippen molar-refractivity contribution in [2.24, 2.45) is 0 Å². The van der Waals surface area contributed by atoms with Crippen molar-refractivity contribution in [1.82, 2.24) is 0 Å². The average Bonchev–Trinajstić information content (AvgIpc) is 2.32. The predicted octanol–water partition coefficient (Wildman–Crippen LogP) is 1.88. The topological polar surface area (TPSA) is 86.5 Å². The summed E-state index contributed by atoms with van der Waals surface area (Å²) in [6.45, 7) is 0. The minimum Gasteiger partial charge on any atom is -0.416 e. The molecule has 0 aliphatic carbocycles. The Morgan fingerprint density at radius 3 is 2.42 bits per heavy atom. The maximum absolute atomic E-state index is 13.1. The van der Waals surface area contributed by atoms with E-state index < -0.39 is 45.4 Å². The van der Waals surface area contributed by atoms with Crippen molar-refractivity contribution >= 4 is 28.5 Å². The van der Waals surface area contributed by atoms with Crippen molar-refractivity contribution < 1.29 is 32.4 Å². The molecular formula is C9H3ClF3NO5. The van der Waals surface area contributed by atoms with Crippen molar-refractivity contribution in [3.05, 3.63) is 33.9 Å². The lowest BCUT2D eigenvalue weighted by atomic mass is 10.2. The van der Waals surface area contributed by atoms with Gasteiger partial charge in [-0.15, -0.1) is 0 Å². The molecular weight excluding hydrogens is 295 g/mol. The normalized spacial score (nSPS) is 11.8. The maximum atomic E-state index is 13.1. The molecule has 0 saturated heterocycles. The highest BCUT2D eigenvalue weighted by atomic mass is 35.5. The number of rotatable bonds is 4. The third-order valence-electron chi connectivity index (χ3n) is 1.83. The van der Waals surface area contributed by atoms with Crippen molar-refractivity contribution in [2.75, 3.05) is 0 Å². The molecule has 6 nitrogen and oxygen atoms in total. The SMILES string of the molecule is O=C(Cl)C(F)C(=O)Oc1ccc(F)c(F)c1[N+](=O)[O-]. The van der Waals surface area contributed by atoms with Gasteiger partial charge in [-0.25, -0.2) is 13.6 Å². The molecule has 10 heteroatoms. The summed E-state index contributed by atoms with van der Waals surface area (Å²) in [7, 11) is 0. The monoisotopic (exact) mass is 297 g/mol. The van der Waals surface area contributed by atoms with E-state index in [2.05, 4.69) is 16.3 Å². The van der Waals surface area contributed by atoms with E-state index in [1.807, 2.05) is 0 Å². The Labute approximate surface area is 107 Å². The van der Waals surface area contributed by atoms with Crippen LogP contribution >= 0.6 is 11.6 Å². The Morgan fingerprint density at radius 2 is 1.95 bits per heavy atom. The smallest absolute Gasteiger partial charge is 0.355 e. The number of halogens is 4. The van der Waals surface area contributed by atoms with Crippen LogP contribution < -0.4 is 4.74 Å². The van der Waals surface area contributed by atoms with Crippen LogP contribution in [0.15, 0.2) is 12.1 Å². The summed E-state index contributed by atoms with van der Waals surface area (Å²) >= 11 is 4.67. The van der Waals surface area contributed by atoms with Crippen molar-refractivity contribution in [3.8, 4) is 5.75 Å². The fourth-order valence-corrected chi connectivity index (χ4v) is 1.12. The van der Waals surface area contributed by atoms with Crippen molar-refractivity contribution in [1.29, 1.82) is 0 Å². The quantitative estimate of drug-likeness (QED) is 0.211. The maximum Gasteiger partial charge on any atom is 0.355 e. The van der Waals surface area contributed by atoms with E-state index >= 15 is 0 Å². The van der Waals surface area contributed by atoms with Crippen molar-refractivity contribution in [2.45, 2.75) is 6.17 Å². The summed E-state index contributed by atoms with van der Waals surface area (Å²) in [6.07, 6.45) is -2.89. The Kier molecular flexibility index (Phi) is 4.43. The van der Waals surface area contributed by atoms with Gasteiger partial charge in [0.25, 0.3) is 11.4 Å². The Balaban J connectivity index is 3.15. The van der Waals surface area contributed by atoms with Gasteiger partial charge in [0.05, 0.1) is 4.92 Å². The first-order valence-electron chi connectivity index (χ1n) is 4.43. The van der Waals surface area contributed by atoms with Crippen LogP contribution in [0.25, 0.3) is 0 Å². The van der Waals surface area contributed by atoms with Gasteiger partial charge in [-0.3, -0.25) is 14.9 Å². The summed E-state index contributed by atoms with van der Waals surface area (Å²) in [5.41, 5.74) is -1.50. The third-order valence-corrected chi connectivity index (χ3v) is 2.02. The first kappa shape index (κ1) is 14.9. The highest BCUT2D eigenvalue weighted by molar-refractivity contribution is 6.66. The Bertz CT molecular complexity index is 565. The van der Waals surface area contributed by atoms with E-state index in [4.69, 9.17) is 0 Å². The lowest BCUT2D eigenvalue weighted by Gasteiger charge is -2.06. The minimum atomic E-state index is -2.89. The number of nitrogens with zero attached hydrogens (tertiary/aromatic N) is 1. The van der Waals surface area contributed by atoms with Crippen LogP contribution in [0, 0.1) is 21.7 Å². The number of ether oxygens (including phenoxy) is 1. The Hall–Kier alpha value is -2.16. The molecule has 0 radical (unpaired) electrons. The molecule has 0 aliphatic rings. The van der Waals surface area contributed by atoms with Crippen LogP contribution in [-0.4, -0.2) is 22.3 Å². The molecule has 102 valence electrons. The number of alkyl halides is 1. The second-order valence-electron chi connectivity index (χ2n) is 3.05. The summed E-state index contributed by atoms with van der Waals surface area (Å²) in [5.74, 6) is -6.37. The van der Waals surface area contributed by atoms with Gasteiger partial charge in [0.15, 0.2) is 5.82 Å². The van der Waals surface area contributed by atoms with Crippen LogP contribution in [-0.2, 0) is 9.59 Å². The molecule has 1 atom stereocenters. The number of benzene rings is 1. The number of esters is 1. The molecule has 0 spiro atoms. The van der Waals surface area contributed by atoms with E-state index in [1.54, 1.807) is 0 Å². The first-order valence-corrected chi connectivity index (χ1v) is 4.81. The molecule has 0 fully saturated rings. The third kappa shape index (κ3) is 3.19. The predicted molar refractivity (Wildman–Crippen MR) is 54.4 cm³/mol. The molecule has 0 heterocycles. The zero-order chi connectivity index (χ0) is 14.7. The van der Waals surface area contributed by atoms with E-state index in [9.17, 15) is 32.9 Å². The van der Waals surface area contributed by atoms with Crippen LogP contribution in [0.2, 0.25) is 0 Å². The van der Waals surface area contributed by atoms with Gasteiger partial charge in [-0.2, -0.15) is 4.39 Å². The number of nitro benzene ring substituents is 1. The molecule has 0 saturated carbocycles. The number of hydrogen-bond acceptors (Lipinski definition) is 5. The number of carbonyl (C=O) groups is 2. The zero-order valence-electron chi connectivity index (χ0n) is 8.73. The van der Waals surface area contributed by atoms with Gasteiger partial charge >= 0.3 is 11.7 Å². The first-order chi connectivity index (χ1) is 8.75. The average molecular weight is 298 g/mol. The molecule has 0 bridgehead atoms. The molecule has 1 aromatic carbocycles. The minimum absolute atomic E-state index is 0.431. The fourth-order valence-electron chi connectivity index (χ4n) is 1.03. The highest BCUT2D eigenvalue weighted by Crippen LogP contribution is 2.31. The molecule has 1 aromatic rings. The second kappa shape index (κ2) is 5.65. The number of hydrogen-bond donors (Lipinski definition) is 0. The van der Waals surface area contributed by atoms with E-state index in [0.29, 0.717) is 12.1 Å². The molecule has 0 aliphatic heterocycles. The van der Waals surface area contributed by atoms with Gasteiger partial charge in [0.1, 0.15) is 0 Å². The van der Waals surface area contributed by atoms with Gasteiger partial charge in [-0.05, 0) is 23.7 Å². The van der Waals surface area contributed by atoms with E-state index in [1.165, 1.54) is 0 Å². The van der Waals surface area contributed by atoms with Gasteiger partial charge in [0, 0.05) is 0 Å². The van der Waals surface area contributed by atoms with Crippen molar-refractivity contribution in [3.63, 3.8) is 0 Å². The number of nitro groups is 1. The molecule has 19 heavy (non-hydrogen) atoms. The molecule has 1 rings (SSSR count). The van der Waals surface area contributed by atoms with E-state index in [0.717, 1.165) is 0 Å². The summed E-state index contributed by atoms with van der Waals surface area (Å²) in [6, 6.07) is 0.973. The van der Waals surface area contributed by atoms with Crippen LogP contribution in [0.4, 0.5) is 18.9 Å². The number of carbonyl (C=O) groups excluding carboxylic acids is 2.